The zero-order valence-corrected chi connectivity index (χ0v) is 11.9. The number of hydrogen-bond acceptors (Lipinski definition) is 6. The van der Waals surface area contributed by atoms with Crippen LogP contribution >= 0.6 is 11.3 Å². The van der Waals surface area contributed by atoms with E-state index in [4.69, 9.17) is 10.9 Å². The Balaban J connectivity index is 2.14. The van der Waals surface area contributed by atoms with Gasteiger partial charge in [-0.25, -0.2) is 18.5 Å². The Morgan fingerprint density at radius 1 is 1.42 bits per heavy atom. The van der Waals surface area contributed by atoms with Crippen LogP contribution in [0.3, 0.4) is 0 Å². The molecule has 1 aromatic heterocycles. The first-order valence-electron chi connectivity index (χ1n) is 5.44. The number of anilines is 2. The Labute approximate surface area is 115 Å². The SMILES string of the molecule is Cc1ncc(CNc2ccc(S(N)(=O)=O)cc2N)s1. The smallest absolute Gasteiger partial charge is 0.238 e. The normalized spacial score (nSPS) is 11.5. The summed E-state index contributed by atoms with van der Waals surface area (Å²) in [5, 5.41) is 9.16. The summed E-state index contributed by atoms with van der Waals surface area (Å²) in [4.78, 5) is 5.23. The molecular weight excluding hydrogens is 284 g/mol. The van der Waals surface area contributed by atoms with Gasteiger partial charge in [0.25, 0.3) is 0 Å². The molecule has 0 fully saturated rings. The number of benzene rings is 1. The van der Waals surface area contributed by atoms with E-state index in [0.29, 0.717) is 17.9 Å². The largest absolute Gasteiger partial charge is 0.397 e. The van der Waals surface area contributed by atoms with Gasteiger partial charge in [0.2, 0.25) is 10.0 Å². The standard InChI is InChI=1S/C11H14N4O2S2/c1-7-14-5-8(18-7)6-15-11-3-2-9(4-10(11)12)19(13,16)17/h2-5,15H,6,12H2,1H3,(H2,13,16,17). The lowest BCUT2D eigenvalue weighted by molar-refractivity contribution is 0.598. The number of primary sulfonamides is 1. The van der Waals surface area contributed by atoms with Crippen molar-refractivity contribution >= 4 is 32.7 Å². The number of hydrogen-bond donors (Lipinski definition) is 3. The van der Waals surface area contributed by atoms with Crippen molar-refractivity contribution in [3.8, 4) is 0 Å². The molecule has 0 unspecified atom stereocenters. The first-order chi connectivity index (χ1) is 8.86. The van der Waals surface area contributed by atoms with Crippen molar-refractivity contribution in [1.29, 1.82) is 0 Å². The van der Waals surface area contributed by atoms with Crippen LogP contribution < -0.4 is 16.2 Å². The summed E-state index contributed by atoms with van der Waals surface area (Å²) in [6.07, 6.45) is 1.79. The van der Waals surface area contributed by atoms with Crippen LogP contribution in [0.4, 0.5) is 11.4 Å². The topological polar surface area (TPSA) is 111 Å². The second-order valence-electron chi connectivity index (χ2n) is 3.99. The zero-order chi connectivity index (χ0) is 14.0. The van der Waals surface area contributed by atoms with E-state index < -0.39 is 10.0 Å². The maximum Gasteiger partial charge on any atom is 0.238 e. The quantitative estimate of drug-likeness (QED) is 0.737. The molecule has 0 atom stereocenters. The highest BCUT2D eigenvalue weighted by atomic mass is 32.2. The predicted octanol–water partition coefficient (Wildman–Crippen LogP) is 1.29. The number of thiazole rings is 1. The van der Waals surface area contributed by atoms with E-state index in [1.54, 1.807) is 23.6 Å². The van der Waals surface area contributed by atoms with Gasteiger partial charge >= 0.3 is 0 Å². The molecule has 0 saturated heterocycles. The number of aromatic nitrogens is 1. The summed E-state index contributed by atoms with van der Waals surface area (Å²) in [7, 11) is -3.72. The van der Waals surface area contributed by atoms with E-state index in [9.17, 15) is 8.42 Å². The van der Waals surface area contributed by atoms with Gasteiger partial charge in [0.1, 0.15) is 0 Å². The van der Waals surface area contributed by atoms with Gasteiger partial charge in [0.15, 0.2) is 0 Å². The van der Waals surface area contributed by atoms with Crippen LogP contribution in [0.1, 0.15) is 9.88 Å². The Kier molecular flexibility index (Phi) is 3.74. The van der Waals surface area contributed by atoms with Gasteiger partial charge in [0.05, 0.1) is 27.8 Å². The summed E-state index contributed by atoms with van der Waals surface area (Å²) in [5.74, 6) is 0. The number of rotatable bonds is 4. The van der Waals surface area contributed by atoms with Crippen LogP contribution in [0.5, 0.6) is 0 Å². The Morgan fingerprint density at radius 2 is 2.16 bits per heavy atom. The van der Waals surface area contributed by atoms with Crippen molar-refractivity contribution in [3.63, 3.8) is 0 Å². The van der Waals surface area contributed by atoms with E-state index in [2.05, 4.69) is 10.3 Å². The highest BCUT2D eigenvalue weighted by molar-refractivity contribution is 7.89. The minimum absolute atomic E-state index is 0.00387. The molecule has 0 bridgehead atoms. The molecule has 0 amide bonds. The van der Waals surface area contributed by atoms with E-state index >= 15 is 0 Å². The van der Waals surface area contributed by atoms with Crippen LogP contribution in [-0.4, -0.2) is 13.4 Å². The van der Waals surface area contributed by atoms with Gasteiger partial charge < -0.3 is 11.1 Å². The fourth-order valence-electron chi connectivity index (χ4n) is 1.55. The molecule has 0 saturated carbocycles. The molecule has 102 valence electrons. The van der Waals surface area contributed by atoms with E-state index in [1.807, 2.05) is 6.92 Å². The number of nitrogens with two attached hydrogens (primary N) is 2. The van der Waals surface area contributed by atoms with Crippen molar-refractivity contribution in [2.24, 2.45) is 5.14 Å². The van der Waals surface area contributed by atoms with Crippen LogP contribution in [0, 0.1) is 6.92 Å². The second-order valence-corrected chi connectivity index (χ2v) is 6.87. The summed E-state index contributed by atoms with van der Waals surface area (Å²) in [6, 6.07) is 4.37. The number of nitrogens with one attached hydrogen (secondary N) is 1. The van der Waals surface area contributed by atoms with Gasteiger partial charge in [-0.3, -0.25) is 0 Å². The number of nitrogen functional groups attached to an aromatic ring is 1. The average molecular weight is 298 g/mol. The van der Waals surface area contributed by atoms with Crippen molar-refractivity contribution < 1.29 is 8.42 Å². The van der Waals surface area contributed by atoms with Crippen molar-refractivity contribution in [1.82, 2.24) is 4.98 Å². The van der Waals surface area contributed by atoms with E-state index in [0.717, 1.165) is 9.88 Å². The Bertz CT molecular complexity index is 694. The summed E-state index contributed by atoms with van der Waals surface area (Å²) in [6.45, 7) is 2.52. The third-order valence-corrected chi connectivity index (χ3v) is 4.30. The van der Waals surface area contributed by atoms with Crippen molar-refractivity contribution in [2.75, 3.05) is 11.1 Å². The average Bonchev–Trinajstić information content (AvgIpc) is 2.72. The third-order valence-electron chi connectivity index (χ3n) is 2.47. The zero-order valence-electron chi connectivity index (χ0n) is 10.3. The molecule has 1 aromatic carbocycles. The van der Waals surface area contributed by atoms with Gasteiger partial charge in [0, 0.05) is 11.1 Å². The van der Waals surface area contributed by atoms with Crippen LogP contribution in [0.15, 0.2) is 29.3 Å². The minimum atomic E-state index is -3.72. The van der Waals surface area contributed by atoms with Crippen molar-refractivity contribution in [2.45, 2.75) is 18.4 Å². The molecular formula is C11H14N4O2S2. The van der Waals surface area contributed by atoms with Gasteiger partial charge in [-0.05, 0) is 25.1 Å². The number of sulfonamides is 1. The molecule has 1 heterocycles. The first kappa shape index (κ1) is 13.8. The Hall–Kier alpha value is -1.64. The molecule has 2 rings (SSSR count). The summed E-state index contributed by atoms with van der Waals surface area (Å²) in [5.41, 5.74) is 6.80. The maximum absolute atomic E-state index is 11.2. The van der Waals surface area contributed by atoms with Gasteiger partial charge in [-0.1, -0.05) is 0 Å². The molecule has 0 spiro atoms. The fraction of sp³-hybridized carbons (Fsp3) is 0.182. The maximum atomic E-state index is 11.2. The van der Waals surface area contributed by atoms with Gasteiger partial charge in [-0.2, -0.15) is 0 Å². The van der Waals surface area contributed by atoms with Crippen molar-refractivity contribution in [3.05, 3.63) is 34.3 Å². The molecule has 0 aliphatic carbocycles. The van der Waals surface area contributed by atoms with E-state index in [-0.39, 0.29) is 4.90 Å². The molecule has 6 nitrogen and oxygen atoms in total. The number of nitrogens with zero attached hydrogens (tertiary/aromatic N) is 1. The minimum Gasteiger partial charge on any atom is -0.397 e. The van der Waals surface area contributed by atoms with E-state index in [1.165, 1.54) is 12.1 Å². The molecule has 2 aromatic rings. The lowest BCUT2D eigenvalue weighted by atomic mass is 10.2. The highest BCUT2D eigenvalue weighted by Gasteiger charge is 2.10. The lowest BCUT2D eigenvalue weighted by Crippen LogP contribution is -2.13. The fourth-order valence-corrected chi connectivity index (χ4v) is 2.83. The summed E-state index contributed by atoms with van der Waals surface area (Å²) < 4.78 is 22.3. The summed E-state index contributed by atoms with van der Waals surface area (Å²) >= 11 is 1.59. The third kappa shape index (κ3) is 3.43. The van der Waals surface area contributed by atoms with Crippen LogP contribution in [0.25, 0.3) is 0 Å². The Morgan fingerprint density at radius 3 is 2.68 bits per heavy atom. The highest BCUT2D eigenvalue weighted by Crippen LogP contribution is 2.23. The molecule has 19 heavy (non-hydrogen) atoms. The first-order valence-corrected chi connectivity index (χ1v) is 7.80. The van der Waals surface area contributed by atoms with Gasteiger partial charge in [-0.15, -0.1) is 11.3 Å². The molecule has 0 aliphatic rings. The van der Waals surface area contributed by atoms with Crippen LogP contribution in [0.2, 0.25) is 0 Å². The predicted molar refractivity (Wildman–Crippen MR) is 76.4 cm³/mol. The lowest BCUT2D eigenvalue weighted by Gasteiger charge is -2.09. The molecule has 5 N–H and O–H groups in total. The monoisotopic (exact) mass is 298 g/mol. The molecule has 0 radical (unpaired) electrons. The number of aryl methyl sites for hydroxylation is 1. The van der Waals surface area contributed by atoms with Crippen LogP contribution in [-0.2, 0) is 16.6 Å². The molecule has 8 heteroatoms. The molecule has 0 aliphatic heterocycles. The second kappa shape index (κ2) is 5.16.